The van der Waals surface area contributed by atoms with Gasteiger partial charge in [-0.05, 0) is 5.92 Å². The molecule has 1 unspecified atom stereocenters. The lowest BCUT2D eigenvalue weighted by Gasteiger charge is -2.18. The van der Waals surface area contributed by atoms with Crippen LogP contribution in [0.25, 0.3) is 0 Å². The molecule has 1 atom stereocenters. The van der Waals surface area contributed by atoms with Crippen LogP contribution in [-0.2, 0) is 4.79 Å². The first-order chi connectivity index (χ1) is 5.43. The van der Waals surface area contributed by atoms with Crippen LogP contribution in [0.5, 0.6) is 0 Å². The Kier molecular flexibility index (Phi) is 4.10. The van der Waals surface area contributed by atoms with E-state index in [0.717, 1.165) is 0 Å². The normalized spacial score (nSPS) is 12.6. The second kappa shape index (κ2) is 4.58. The van der Waals surface area contributed by atoms with Crippen LogP contribution in [0.3, 0.4) is 0 Å². The summed E-state index contributed by atoms with van der Waals surface area (Å²) in [4.78, 5) is 20.7. The molecule has 0 aromatic carbocycles. The Morgan fingerprint density at radius 1 is 1.50 bits per heavy atom. The summed E-state index contributed by atoms with van der Waals surface area (Å²) in [6.07, 6.45) is -0.0966. The van der Waals surface area contributed by atoms with Gasteiger partial charge in [-0.25, -0.2) is 4.79 Å². The van der Waals surface area contributed by atoms with E-state index in [0.29, 0.717) is 0 Å². The Morgan fingerprint density at radius 2 is 2.00 bits per heavy atom. The summed E-state index contributed by atoms with van der Waals surface area (Å²) in [5.74, 6) is -0.879. The number of nitrogens with one attached hydrogen (secondary N) is 1. The molecular weight excluding hydrogens is 160 g/mol. The lowest BCUT2D eigenvalue weighted by atomic mass is 10.0. The molecule has 0 rings (SSSR count). The largest absolute Gasteiger partial charge is 0.481 e. The number of carboxylic acids is 1. The summed E-state index contributed by atoms with van der Waals surface area (Å²) in [5.41, 5.74) is 4.86. The minimum absolute atomic E-state index is 0.0635. The summed E-state index contributed by atoms with van der Waals surface area (Å²) >= 11 is 0. The predicted molar refractivity (Wildman–Crippen MR) is 43.6 cm³/mol. The first-order valence-electron chi connectivity index (χ1n) is 3.71. The molecule has 0 aromatic heterocycles. The van der Waals surface area contributed by atoms with Gasteiger partial charge in [-0.1, -0.05) is 13.8 Å². The molecule has 0 aliphatic heterocycles. The van der Waals surface area contributed by atoms with Gasteiger partial charge in [0.15, 0.2) is 0 Å². The Morgan fingerprint density at radius 3 is 2.25 bits per heavy atom. The van der Waals surface area contributed by atoms with Gasteiger partial charge in [0.25, 0.3) is 0 Å². The van der Waals surface area contributed by atoms with Crippen LogP contribution in [-0.4, -0.2) is 23.1 Å². The van der Waals surface area contributed by atoms with E-state index in [1.807, 2.05) is 13.8 Å². The zero-order valence-electron chi connectivity index (χ0n) is 7.20. The topological polar surface area (TPSA) is 92.4 Å². The molecule has 0 saturated carbocycles. The third-order valence-corrected chi connectivity index (χ3v) is 1.53. The number of carbonyl (C=O) groups excluding carboxylic acids is 1. The smallest absolute Gasteiger partial charge is 0.312 e. The molecule has 12 heavy (non-hydrogen) atoms. The van der Waals surface area contributed by atoms with Crippen LogP contribution in [0.15, 0.2) is 0 Å². The molecular formula is C7H14N2O3. The van der Waals surface area contributed by atoms with Gasteiger partial charge in [0, 0.05) is 6.04 Å². The molecule has 0 saturated heterocycles. The number of amides is 2. The Bertz CT molecular complexity index is 163. The second-order valence-corrected chi connectivity index (χ2v) is 2.96. The SMILES string of the molecule is CC(C)C(CC(=O)O)NC(N)=O. The van der Waals surface area contributed by atoms with E-state index in [2.05, 4.69) is 5.32 Å². The number of carboxylic acid groups (broad SMARTS) is 1. The van der Waals surface area contributed by atoms with Crippen molar-refractivity contribution >= 4 is 12.0 Å². The third kappa shape index (κ3) is 4.54. The number of carbonyl (C=O) groups is 2. The Balaban J connectivity index is 4.04. The number of nitrogens with two attached hydrogens (primary N) is 1. The molecule has 0 heterocycles. The third-order valence-electron chi connectivity index (χ3n) is 1.53. The van der Waals surface area contributed by atoms with Gasteiger partial charge in [-0.2, -0.15) is 0 Å². The van der Waals surface area contributed by atoms with Crippen molar-refractivity contribution in [3.05, 3.63) is 0 Å². The fraction of sp³-hybridized carbons (Fsp3) is 0.714. The van der Waals surface area contributed by atoms with E-state index in [1.165, 1.54) is 0 Å². The van der Waals surface area contributed by atoms with Crippen LogP contribution >= 0.6 is 0 Å². The zero-order valence-corrected chi connectivity index (χ0v) is 7.20. The van der Waals surface area contributed by atoms with Crippen molar-refractivity contribution in [2.24, 2.45) is 11.7 Å². The summed E-state index contributed by atoms with van der Waals surface area (Å²) in [5, 5.41) is 10.8. The maximum absolute atomic E-state index is 10.4. The van der Waals surface area contributed by atoms with Crippen molar-refractivity contribution in [1.29, 1.82) is 0 Å². The molecule has 0 radical (unpaired) electrons. The van der Waals surface area contributed by atoms with E-state index in [-0.39, 0.29) is 18.4 Å². The van der Waals surface area contributed by atoms with Crippen molar-refractivity contribution in [3.63, 3.8) is 0 Å². The first kappa shape index (κ1) is 10.7. The van der Waals surface area contributed by atoms with Crippen molar-refractivity contribution in [2.45, 2.75) is 26.3 Å². The zero-order chi connectivity index (χ0) is 9.72. The molecule has 0 spiro atoms. The average Bonchev–Trinajstić information content (AvgIpc) is 1.83. The minimum Gasteiger partial charge on any atom is -0.481 e. The van der Waals surface area contributed by atoms with E-state index in [9.17, 15) is 9.59 Å². The fourth-order valence-corrected chi connectivity index (χ4v) is 0.824. The monoisotopic (exact) mass is 174 g/mol. The Labute approximate surface area is 70.9 Å². The summed E-state index contributed by atoms with van der Waals surface area (Å²) < 4.78 is 0. The summed E-state index contributed by atoms with van der Waals surface area (Å²) in [6, 6.07) is -1.07. The van der Waals surface area contributed by atoms with Gasteiger partial charge < -0.3 is 16.2 Å². The fourth-order valence-electron chi connectivity index (χ4n) is 0.824. The number of hydrogen-bond donors (Lipinski definition) is 3. The number of primary amides is 1. The van der Waals surface area contributed by atoms with Crippen LogP contribution in [0.4, 0.5) is 4.79 Å². The highest BCUT2D eigenvalue weighted by atomic mass is 16.4. The predicted octanol–water partition coefficient (Wildman–Crippen LogP) is 0.154. The summed E-state index contributed by atoms with van der Waals surface area (Å²) in [7, 11) is 0. The molecule has 0 aliphatic carbocycles. The van der Waals surface area contributed by atoms with E-state index in [1.54, 1.807) is 0 Å². The standard InChI is InChI=1S/C7H14N2O3/c1-4(2)5(3-6(10)11)9-7(8)12/h4-5H,3H2,1-2H3,(H,10,11)(H3,8,9,12). The first-order valence-corrected chi connectivity index (χ1v) is 3.71. The molecule has 5 heteroatoms. The highest BCUT2D eigenvalue weighted by Crippen LogP contribution is 2.05. The number of urea groups is 1. The molecule has 0 fully saturated rings. The van der Waals surface area contributed by atoms with E-state index in [4.69, 9.17) is 10.8 Å². The highest BCUT2D eigenvalue weighted by Gasteiger charge is 2.17. The minimum atomic E-state index is -0.942. The van der Waals surface area contributed by atoms with Gasteiger partial charge >= 0.3 is 12.0 Å². The molecule has 5 nitrogen and oxygen atoms in total. The van der Waals surface area contributed by atoms with Gasteiger partial charge in [-0.15, -0.1) is 0 Å². The molecule has 4 N–H and O–H groups in total. The number of rotatable bonds is 4. The number of hydrogen-bond acceptors (Lipinski definition) is 2. The van der Waals surface area contributed by atoms with Crippen LogP contribution in [0, 0.1) is 5.92 Å². The average molecular weight is 174 g/mol. The maximum atomic E-state index is 10.4. The molecule has 70 valence electrons. The van der Waals surface area contributed by atoms with Crippen LogP contribution < -0.4 is 11.1 Å². The van der Waals surface area contributed by atoms with Gasteiger partial charge in [0.1, 0.15) is 0 Å². The van der Waals surface area contributed by atoms with Gasteiger partial charge in [-0.3, -0.25) is 4.79 Å². The Hall–Kier alpha value is -1.26. The molecule has 0 bridgehead atoms. The second-order valence-electron chi connectivity index (χ2n) is 2.96. The van der Waals surface area contributed by atoms with Crippen molar-refractivity contribution < 1.29 is 14.7 Å². The van der Waals surface area contributed by atoms with Crippen LogP contribution in [0.2, 0.25) is 0 Å². The van der Waals surface area contributed by atoms with Gasteiger partial charge in [0.05, 0.1) is 6.42 Å². The molecule has 2 amide bonds. The van der Waals surface area contributed by atoms with Crippen molar-refractivity contribution in [3.8, 4) is 0 Å². The lowest BCUT2D eigenvalue weighted by Crippen LogP contribution is -2.42. The lowest BCUT2D eigenvalue weighted by molar-refractivity contribution is -0.137. The maximum Gasteiger partial charge on any atom is 0.312 e. The summed E-state index contributed by atoms with van der Waals surface area (Å²) in [6.45, 7) is 3.65. The molecule has 0 aromatic rings. The van der Waals surface area contributed by atoms with Gasteiger partial charge in [0.2, 0.25) is 0 Å². The van der Waals surface area contributed by atoms with E-state index >= 15 is 0 Å². The van der Waals surface area contributed by atoms with Crippen LogP contribution in [0.1, 0.15) is 20.3 Å². The quantitative estimate of drug-likeness (QED) is 0.566. The van der Waals surface area contributed by atoms with Crippen molar-refractivity contribution in [1.82, 2.24) is 5.32 Å². The van der Waals surface area contributed by atoms with E-state index < -0.39 is 12.0 Å². The highest BCUT2D eigenvalue weighted by molar-refractivity contribution is 5.74. The van der Waals surface area contributed by atoms with Crippen molar-refractivity contribution in [2.75, 3.05) is 0 Å². The number of aliphatic carboxylic acids is 1. The molecule has 0 aliphatic rings.